The molecule has 2 aromatic rings. The van der Waals surface area contributed by atoms with Gasteiger partial charge < -0.3 is 9.73 Å². The van der Waals surface area contributed by atoms with E-state index in [1.54, 1.807) is 0 Å². The summed E-state index contributed by atoms with van der Waals surface area (Å²) < 4.78 is 6.05. The number of carbonyl (C=O) groups is 1. The van der Waals surface area contributed by atoms with E-state index in [2.05, 4.69) is 10.4 Å². The smallest absolute Gasteiger partial charge is 0.387 e. The summed E-state index contributed by atoms with van der Waals surface area (Å²) in [5.74, 6) is -0.600. The summed E-state index contributed by atoms with van der Waals surface area (Å²) in [6.45, 7) is 2.54. The van der Waals surface area contributed by atoms with Crippen molar-refractivity contribution in [1.29, 1.82) is 0 Å². The molecular formula is C12H15N3O3S. The molecule has 102 valence electrons. The van der Waals surface area contributed by atoms with Gasteiger partial charge in [0.05, 0.1) is 4.88 Å². The van der Waals surface area contributed by atoms with Crippen molar-refractivity contribution in [2.45, 2.75) is 26.3 Å². The number of carbonyl (C=O) groups excluding carboxylic acids is 1. The summed E-state index contributed by atoms with van der Waals surface area (Å²) in [6.07, 6.45) is 1.92. The van der Waals surface area contributed by atoms with E-state index in [-0.39, 0.29) is 18.3 Å². The Kier molecular flexibility index (Phi) is 4.51. The molecule has 0 aliphatic heterocycles. The third-order valence-corrected chi connectivity index (χ3v) is 3.34. The number of hydrogen-bond acceptors (Lipinski definition) is 5. The first kappa shape index (κ1) is 13.5. The van der Waals surface area contributed by atoms with Crippen molar-refractivity contribution >= 4 is 17.2 Å². The van der Waals surface area contributed by atoms with Gasteiger partial charge in [-0.05, 0) is 17.9 Å². The fraction of sp³-hybridized carbons (Fsp3) is 0.417. The van der Waals surface area contributed by atoms with Gasteiger partial charge in [-0.2, -0.15) is 4.68 Å². The molecule has 1 N–H and O–H groups in total. The summed E-state index contributed by atoms with van der Waals surface area (Å²) in [6, 6.07) is 3.65. The van der Waals surface area contributed by atoms with Crippen LogP contribution < -0.4 is 11.1 Å². The van der Waals surface area contributed by atoms with Crippen LogP contribution in [0.15, 0.2) is 26.7 Å². The van der Waals surface area contributed by atoms with Crippen LogP contribution in [-0.2, 0) is 11.3 Å². The molecule has 0 spiro atoms. The molecule has 0 saturated heterocycles. The Balaban J connectivity index is 2.01. The number of nitrogens with zero attached hydrogens (tertiary/aromatic N) is 2. The summed E-state index contributed by atoms with van der Waals surface area (Å²) in [5, 5.41) is 8.60. The minimum absolute atomic E-state index is 0.114. The van der Waals surface area contributed by atoms with Crippen LogP contribution in [0, 0.1) is 0 Å². The van der Waals surface area contributed by atoms with Gasteiger partial charge in [-0.15, -0.1) is 16.4 Å². The van der Waals surface area contributed by atoms with E-state index in [0.29, 0.717) is 6.54 Å². The van der Waals surface area contributed by atoms with Crippen LogP contribution in [0.1, 0.15) is 19.8 Å². The fourth-order valence-corrected chi connectivity index (χ4v) is 2.15. The van der Waals surface area contributed by atoms with E-state index in [9.17, 15) is 9.59 Å². The Morgan fingerprint density at radius 2 is 2.42 bits per heavy atom. The zero-order chi connectivity index (χ0) is 13.7. The second-order valence-corrected chi connectivity index (χ2v) is 4.96. The zero-order valence-corrected chi connectivity index (χ0v) is 11.4. The lowest BCUT2D eigenvalue weighted by Gasteiger charge is -2.02. The quantitative estimate of drug-likeness (QED) is 0.814. The fourth-order valence-electron chi connectivity index (χ4n) is 1.50. The average molecular weight is 281 g/mol. The van der Waals surface area contributed by atoms with Crippen molar-refractivity contribution < 1.29 is 9.21 Å². The summed E-state index contributed by atoms with van der Waals surface area (Å²) in [4.78, 5) is 23.9. The number of hydrogen-bond donors (Lipinski definition) is 1. The van der Waals surface area contributed by atoms with Gasteiger partial charge in [-0.25, -0.2) is 4.79 Å². The highest BCUT2D eigenvalue weighted by atomic mass is 32.1. The highest BCUT2D eigenvalue weighted by Crippen LogP contribution is 2.20. The second kappa shape index (κ2) is 6.33. The normalized spacial score (nSPS) is 10.6. The van der Waals surface area contributed by atoms with Gasteiger partial charge in [0.2, 0.25) is 5.91 Å². The lowest BCUT2D eigenvalue weighted by molar-refractivity contribution is -0.121. The molecular weight excluding hydrogens is 266 g/mol. The Hall–Kier alpha value is -1.89. The predicted octanol–water partition coefficient (Wildman–Crippen LogP) is 1.48. The van der Waals surface area contributed by atoms with Crippen molar-refractivity contribution in [1.82, 2.24) is 15.1 Å². The minimum Gasteiger partial charge on any atom is -0.387 e. The Morgan fingerprint density at radius 3 is 3.11 bits per heavy atom. The average Bonchev–Trinajstić information content (AvgIpc) is 3.00. The van der Waals surface area contributed by atoms with Crippen LogP contribution >= 0.6 is 11.3 Å². The van der Waals surface area contributed by atoms with Gasteiger partial charge in [-0.1, -0.05) is 19.4 Å². The molecule has 6 nitrogen and oxygen atoms in total. The molecule has 0 unspecified atom stereocenters. The van der Waals surface area contributed by atoms with Crippen LogP contribution in [0.2, 0.25) is 0 Å². The SMILES string of the molecule is CCCCNC(=O)Cn1nc(-c2cccs2)oc1=O. The highest BCUT2D eigenvalue weighted by Gasteiger charge is 2.13. The predicted molar refractivity (Wildman–Crippen MR) is 72.0 cm³/mol. The van der Waals surface area contributed by atoms with Crippen molar-refractivity contribution in [3.05, 3.63) is 28.1 Å². The van der Waals surface area contributed by atoms with Gasteiger partial charge in [0.1, 0.15) is 6.54 Å². The van der Waals surface area contributed by atoms with E-state index in [1.807, 2.05) is 24.4 Å². The number of unbranched alkanes of at least 4 members (excludes halogenated alkanes) is 1. The summed E-state index contributed by atoms with van der Waals surface area (Å²) >= 11 is 1.42. The van der Waals surface area contributed by atoms with E-state index < -0.39 is 5.76 Å². The molecule has 0 saturated carbocycles. The largest absolute Gasteiger partial charge is 0.437 e. The first-order valence-electron chi connectivity index (χ1n) is 6.09. The lowest BCUT2D eigenvalue weighted by atomic mass is 10.3. The molecule has 2 rings (SSSR count). The molecule has 1 amide bonds. The third-order valence-electron chi connectivity index (χ3n) is 2.48. The summed E-state index contributed by atoms with van der Waals surface area (Å²) in [5.41, 5.74) is 0. The van der Waals surface area contributed by atoms with E-state index >= 15 is 0 Å². The lowest BCUT2D eigenvalue weighted by Crippen LogP contribution is -2.32. The van der Waals surface area contributed by atoms with Crippen LogP contribution in [0.3, 0.4) is 0 Å². The van der Waals surface area contributed by atoms with Gasteiger partial charge in [0.25, 0.3) is 5.89 Å². The monoisotopic (exact) mass is 281 g/mol. The maximum Gasteiger partial charge on any atom is 0.437 e. The van der Waals surface area contributed by atoms with Gasteiger partial charge in [0.15, 0.2) is 0 Å². The van der Waals surface area contributed by atoms with Crippen LogP contribution in [-0.4, -0.2) is 22.2 Å². The van der Waals surface area contributed by atoms with E-state index in [4.69, 9.17) is 4.42 Å². The molecule has 0 bridgehead atoms. The topological polar surface area (TPSA) is 77.1 Å². The van der Waals surface area contributed by atoms with Crippen molar-refractivity contribution in [2.24, 2.45) is 0 Å². The number of rotatable bonds is 6. The number of nitrogens with one attached hydrogen (secondary N) is 1. The van der Waals surface area contributed by atoms with Crippen molar-refractivity contribution in [3.8, 4) is 10.8 Å². The Labute approximate surface area is 114 Å². The standard InChI is InChI=1S/C12H15N3O3S/c1-2-3-6-13-10(16)8-15-12(17)18-11(14-15)9-5-4-7-19-9/h4-5,7H,2-3,6,8H2,1H3,(H,13,16). The summed E-state index contributed by atoms with van der Waals surface area (Å²) in [7, 11) is 0. The first-order chi connectivity index (χ1) is 9.20. The number of aromatic nitrogens is 2. The van der Waals surface area contributed by atoms with E-state index in [0.717, 1.165) is 22.4 Å². The van der Waals surface area contributed by atoms with Crippen LogP contribution in [0.4, 0.5) is 0 Å². The van der Waals surface area contributed by atoms with Gasteiger partial charge in [-0.3, -0.25) is 4.79 Å². The number of thiophene rings is 1. The van der Waals surface area contributed by atoms with Gasteiger partial charge >= 0.3 is 5.76 Å². The molecule has 0 aliphatic rings. The Bertz CT molecular complexity index is 586. The van der Waals surface area contributed by atoms with Crippen LogP contribution in [0.25, 0.3) is 10.8 Å². The minimum atomic E-state index is -0.617. The molecule has 0 aromatic carbocycles. The molecule has 19 heavy (non-hydrogen) atoms. The molecule has 0 aliphatic carbocycles. The molecule has 0 atom stereocenters. The molecule has 2 aromatic heterocycles. The molecule has 0 radical (unpaired) electrons. The second-order valence-electron chi connectivity index (χ2n) is 4.01. The molecule has 7 heteroatoms. The Morgan fingerprint density at radius 1 is 1.58 bits per heavy atom. The van der Waals surface area contributed by atoms with Crippen molar-refractivity contribution in [3.63, 3.8) is 0 Å². The van der Waals surface area contributed by atoms with Crippen molar-refractivity contribution in [2.75, 3.05) is 6.54 Å². The maximum absolute atomic E-state index is 11.6. The molecule has 0 fully saturated rings. The maximum atomic E-state index is 11.6. The first-order valence-corrected chi connectivity index (χ1v) is 6.97. The van der Waals surface area contributed by atoms with Gasteiger partial charge in [0, 0.05) is 6.54 Å². The molecule has 2 heterocycles. The third kappa shape index (κ3) is 3.54. The van der Waals surface area contributed by atoms with E-state index in [1.165, 1.54) is 11.3 Å². The zero-order valence-electron chi connectivity index (χ0n) is 10.6. The highest BCUT2D eigenvalue weighted by molar-refractivity contribution is 7.13. The number of amides is 1. The van der Waals surface area contributed by atoms with Crippen LogP contribution in [0.5, 0.6) is 0 Å².